The minimum atomic E-state index is -3.43. The first-order valence-electron chi connectivity index (χ1n) is 8.92. The van der Waals surface area contributed by atoms with Crippen LogP contribution in [0.3, 0.4) is 0 Å². The first-order chi connectivity index (χ1) is 13.7. The Kier molecular flexibility index (Phi) is 6.25. The van der Waals surface area contributed by atoms with Crippen molar-refractivity contribution in [2.75, 3.05) is 11.0 Å². The highest BCUT2D eigenvalue weighted by Crippen LogP contribution is 2.26. The Morgan fingerprint density at radius 2 is 1.55 bits per heavy atom. The molecular weight excluding hydrogens is 408 g/mol. The molecule has 0 spiro atoms. The van der Waals surface area contributed by atoms with Gasteiger partial charge in [-0.3, -0.25) is 9.52 Å². The number of halogens is 1. The van der Waals surface area contributed by atoms with E-state index in [0.29, 0.717) is 5.69 Å². The summed E-state index contributed by atoms with van der Waals surface area (Å²) in [6.45, 7) is 2.01. The van der Waals surface area contributed by atoms with E-state index in [1.54, 1.807) is 0 Å². The van der Waals surface area contributed by atoms with Crippen molar-refractivity contribution in [3.05, 3.63) is 100 Å². The molecule has 0 heterocycles. The largest absolute Gasteiger partial charge is 0.341 e. The SMILES string of the molecule is Cc1ccc([C@@H](NC(=O)c2ccc(NS(C)(=O)=O)cc2Cl)c2ccccc2)cc1. The Morgan fingerprint density at radius 1 is 0.931 bits per heavy atom. The van der Waals surface area contributed by atoms with E-state index >= 15 is 0 Å². The van der Waals surface area contributed by atoms with Crippen LogP contribution in [0.4, 0.5) is 5.69 Å². The Bertz CT molecular complexity index is 1110. The summed E-state index contributed by atoms with van der Waals surface area (Å²) in [5, 5.41) is 3.19. The molecule has 0 aliphatic rings. The Labute approximate surface area is 175 Å². The number of benzene rings is 3. The van der Waals surface area contributed by atoms with Gasteiger partial charge in [0.15, 0.2) is 0 Å². The highest BCUT2D eigenvalue weighted by Gasteiger charge is 2.19. The molecule has 5 nitrogen and oxygen atoms in total. The average molecular weight is 429 g/mol. The molecule has 2 N–H and O–H groups in total. The normalized spacial score (nSPS) is 12.2. The number of sulfonamides is 1. The quantitative estimate of drug-likeness (QED) is 0.605. The number of carbonyl (C=O) groups is 1. The van der Waals surface area contributed by atoms with E-state index in [0.717, 1.165) is 22.9 Å². The molecule has 0 fully saturated rings. The molecule has 3 rings (SSSR count). The van der Waals surface area contributed by atoms with Gasteiger partial charge in [0.25, 0.3) is 5.91 Å². The molecule has 3 aromatic carbocycles. The van der Waals surface area contributed by atoms with Gasteiger partial charge in [0, 0.05) is 5.69 Å². The van der Waals surface area contributed by atoms with Crippen LogP contribution < -0.4 is 10.0 Å². The fraction of sp³-hybridized carbons (Fsp3) is 0.136. The van der Waals surface area contributed by atoms with Crippen molar-refractivity contribution in [1.82, 2.24) is 5.32 Å². The van der Waals surface area contributed by atoms with Gasteiger partial charge in [-0.05, 0) is 36.2 Å². The topological polar surface area (TPSA) is 75.3 Å². The zero-order valence-electron chi connectivity index (χ0n) is 16.0. The van der Waals surface area contributed by atoms with Crippen molar-refractivity contribution in [3.8, 4) is 0 Å². The fourth-order valence-corrected chi connectivity index (χ4v) is 3.77. The molecule has 0 aliphatic heterocycles. The summed E-state index contributed by atoms with van der Waals surface area (Å²) in [6, 6.07) is 21.7. The van der Waals surface area contributed by atoms with E-state index < -0.39 is 10.0 Å². The van der Waals surface area contributed by atoms with Crippen LogP contribution in [-0.4, -0.2) is 20.6 Å². The zero-order chi connectivity index (χ0) is 21.0. The molecule has 0 aromatic heterocycles. The summed E-state index contributed by atoms with van der Waals surface area (Å²) in [5.41, 5.74) is 3.58. The van der Waals surface area contributed by atoms with Gasteiger partial charge in [-0.1, -0.05) is 71.8 Å². The lowest BCUT2D eigenvalue weighted by atomic mass is 9.97. The number of carbonyl (C=O) groups excluding carboxylic acids is 1. The molecule has 150 valence electrons. The molecule has 0 radical (unpaired) electrons. The molecule has 0 saturated carbocycles. The maximum absolute atomic E-state index is 13.0. The van der Waals surface area contributed by atoms with Gasteiger partial charge in [-0.15, -0.1) is 0 Å². The summed E-state index contributed by atoms with van der Waals surface area (Å²) in [6.07, 6.45) is 1.05. The smallest absolute Gasteiger partial charge is 0.253 e. The van der Waals surface area contributed by atoms with Crippen LogP contribution in [0.1, 0.15) is 33.1 Å². The molecular formula is C22H21ClN2O3S. The second-order valence-corrected chi connectivity index (χ2v) is 8.95. The Morgan fingerprint density at radius 3 is 2.14 bits per heavy atom. The lowest BCUT2D eigenvalue weighted by Gasteiger charge is -2.20. The first-order valence-corrected chi connectivity index (χ1v) is 11.2. The predicted octanol–water partition coefficient (Wildman–Crippen LogP) is 4.54. The Hall–Kier alpha value is -2.83. The van der Waals surface area contributed by atoms with Crippen molar-refractivity contribution < 1.29 is 13.2 Å². The summed E-state index contributed by atoms with van der Waals surface area (Å²) >= 11 is 6.25. The van der Waals surface area contributed by atoms with Crippen LogP contribution >= 0.6 is 11.6 Å². The number of rotatable bonds is 6. The summed E-state index contributed by atoms with van der Waals surface area (Å²) in [5.74, 6) is -0.352. The second kappa shape index (κ2) is 8.68. The van der Waals surface area contributed by atoms with Crippen molar-refractivity contribution in [2.24, 2.45) is 0 Å². The lowest BCUT2D eigenvalue weighted by molar-refractivity contribution is 0.0943. The van der Waals surface area contributed by atoms with Crippen LogP contribution in [0, 0.1) is 6.92 Å². The zero-order valence-corrected chi connectivity index (χ0v) is 17.6. The van der Waals surface area contributed by atoms with Gasteiger partial charge in [-0.25, -0.2) is 8.42 Å². The fourth-order valence-electron chi connectivity index (χ4n) is 2.95. The molecule has 0 aliphatic carbocycles. The monoisotopic (exact) mass is 428 g/mol. The lowest BCUT2D eigenvalue weighted by Crippen LogP contribution is -2.29. The molecule has 3 aromatic rings. The number of hydrogen-bond acceptors (Lipinski definition) is 3. The highest BCUT2D eigenvalue weighted by atomic mass is 35.5. The third-order valence-electron chi connectivity index (χ3n) is 4.34. The van der Waals surface area contributed by atoms with Crippen LogP contribution in [0.2, 0.25) is 5.02 Å². The van der Waals surface area contributed by atoms with E-state index in [4.69, 9.17) is 11.6 Å². The third-order valence-corrected chi connectivity index (χ3v) is 5.26. The summed E-state index contributed by atoms with van der Waals surface area (Å²) in [7, 11) is -3.43. The van der Waals surface area contributed by atoms with Crippen LogP contribution in [0.5, 0.6) is 0 Å². The van der Waals surface area contributed by atoms with Crippen molar-refractivity contribution in [3.63, 3.8) is 0 Å². The number of nitrogens with one attached hydrogen (secondary N) is 2. The third kappa shape index (κ3) is 5.59. The maximum Gasteiger partial charge on any atom is 0.253 e. The van der Waals surface area contributed by atoms with Gasteiger partial charge >= 0.3 is 0 Å². The second-order valence-electron chi connectivity index (χ2n) is 6.80. The van der Waals surface area contributed by atoms with Crippen molar-refractivity contribution in [2.45, 2.75) is 13.0 Å². The molecule has 7 heteroatoms. The van der Waals surface area contributed by atoms with Gasteiger partial charge < -0.3 is 5.32 Å². The molecule has 1 amide bonds. The predicted molar refractivity (Wildman–Crippen MR) is 117 cm³/mol. The average Bonchev–Trinajstić information content (AvgIpc) is 2.66. The minimum absolute atomic E-state index is 0.159. The van der Waals surface area contributed by atoms with Gasteiger partial charge in [0.2, 0.25) is 10.0 Å². The number of hydrogen-bond donors (Lipinski definition) is 2. The molecule has 0 bridgehead atoms. The van der Waals surface area contributed by atoms with Gasteiger partial charge in [-0.2, -0.15) is 0 Å². The van der Waals surface area contributed by atoms with E-state index in [1.807, 2.05) is 61.5 Å². The van der Waals surface area contributed by atoms with E-state index in [9.17, 15) is 13.2 Å². The molecule has 29 heavy (non-hydrogen) atoms. The molecule has 0 saturated heterocycles. The first kappa shape index (κ1) is 20.9. The van der Waals surface area contributed by atoms with E-state index in [-0.39, 0.29) is 22.5 Å². The summed E-state index contributed by atoms with van der Waals surface area (Å²) < 4.78 is 25.1. The van der Waals surface area contributed by atoms with Gasteiger partial charge in [0.05, 0.1) is 22.9 Å². The Balaban J connectivity index is 1.90. The van der Waals surface area contributed by atoms with Crippen molar-refractivity contribution >= 4 is 33.2 Å². The number of anilines is 1. The minimum Gasteiger partial charge on any atom is -0.341 e. The molecule has 0 unspecified atom stereocenters. The standard InChI is InChI=1S/C22H21ClN2O3S/c1-15-8-10-17(11-9-15)21(16-6-4-3-5-7-16)24-22(26)19-13-12-18(14-20(19)23)25-29(2,27)28/h3-14,21,25H,1-2H3,(H,24,26)/t21-/m0/s1. The van der Waals surface area contributed by atoms with E-state index in [1.165, 1.54) is 18.2 Å². The number of amides is 1. The van der Waals surface area contributed by atoms with Crippen LogP contribution in [-0.2, 0) is 10.0 Å². The maximum atomic E-state index is 13.0. The van der Waals surface area contributed by atoms with E-state index in [2.05, 4.69) is 10.0 Å². The van der Waals surface area contributed by atoms with Crippen LogP contribution in [0.25, 0.3) is 0 Å². The number of aryl methyl sites for hydroxylation is 1. The highest BCUT2D eigenvalue weighted by molar-refractivity contribution is 7.92. The molecule has 1 atom stereocenters. The summed E-state index contributed by atoms with van der Waals surface area (Å²) in [4.78, 5) is 13.0. The van der Waals surface area contributed by atoms with Crippen molar-refractivity contribution in [1.29, 1.82) is 0 Å². The van der Waals surface area contributed by atoms with Crippen LogP contribution in [0.15, 0.2) is 72.8 Å². The van der Waals surface area contributed by atoms with Gasteiger partial charge in [0.1, 0.15) is 0 Å².